The lowest BCUT2D eigenvalue weighted by Gasteiger charge is -2.06. The van der Waals surface area contributed by atoms with Crippen molar-refractivity contribution in [3.63, 3.8) is 0 Å². The first kappa shape index (κ1) is 13.2. The highest BCUT2D eigenvalue weighted by Gasteiger charge is 2.00. The number of urea groups is 1. The fourth-order valence-electron chi connectivity index (χ4n) is 0.713. The molecule has 0 unspecified atom stereocenters. The Morgan fingerprint density at radius 2 is 1.71 bits per heavy atom. The molecular formula is C7H17N3O3S. The maximum absolute atomic E-state index is 10.9. The Morgan fingerprint density at radius 1 is 1.14 bits per heavy atom. The van der Waals surface area contributed by atoms with Crippen LogP contribution in [-0.2, 0) is 10.0 Å². The van der Waals surface area contributed by atoms with E-state index in [0.29, 0.717) is 6.54 Å². The van der Waals surface area contributed by atoms with E-state index < -0.39 is 10.0 Å². The van der Waals surface area contributed by atoms with Gasteiger partial charge in [-0.2, -0.15) is 0 Å². The molecule has 0 aliphatic carbocycles. The van der Waals surface area contributed by atoms with Crippen LogP contribution in [-0.4, -0.2) is 40.3 Å². The molecule has 2 amide bonds. The standard InChI is InChI=1S/C7H17N3O3S/c1-3-4-8-7(11)9-5-6-10-14(2,12)13/h10H,3-6H2,1-2H3,(H2,8,9,11). The molecule has 0 aromatic heterocycles. The van der Waals surface area contributed by atoms with Gasteiger partial charge in [0.15, 0.2) is 0 Å². The van der Waals surface area contributed by atoms with E-state index >= 15 is 0 Å². The van der Waals surface area contributed by atoms with Gasteiger partial charge in [0.1, 0.15) is 0 Å². The summed E-state index contributed by atoms with van der Waals surface area (Å²) < 4.78 is 23.5. The van der Waals surface area contributed by atoms with E-state index in [2.05, 4.69) is 15.4 Å². The van der Waals surface area contributed by atoms with Gasteiger partial charge in [-0.25, -0.2) is 17.9 Å². The van der Waals surface area contributed by atoms with Crippen molar-refractivity contribution in [3.05, 3.63) is 0 Å². The van der Waals surface area contributed by atoms with Crippen molar-refractivity contribution in [1.82, 2.24) is 15.4 Å². The second-order valence-corrected chi connectivity index (χ2v) is 4.68. The fourth-order valence-corrected chi connectivity index (χ4v) is 1.19. The normalized spacial score (nSPS) is 11.0. The Labute approximate surface area is 84.5 Å². The van der Waals surface area contributed by atoms with Crippen LogP contribution in [0.1, 0.15) is 13.3 Å². The van der Waals surface area contributed by atoms with Gasteiger partial charge in [0, 0.05) is 19.6 Å². The average molecular weight is 223 g/mol. The van der Waals surface area contributed by atoms with Gasteiger partial charge in [0.25, 0.3) is 0 Å². The number of hydrogen-bond donors (Lipinski definition) is 3. The van der Waals surface area contributed by atoms with Crippen molar-refractivity contribution in [3.8, 4) is 0 Å². The van der Waals surface area contributed by atoms with E-state index in [-0.39, 0.29) is 19.1 Å². The van der Waals surface area contributed by atoms with Gasteiger partial charge in [0.2, 0.25) is 10.0 Å². The molecule has 0 aromatic carbocycles. The zero-order valence-corrected chi connectivity index (χ0v) is 9.28. The molecule has 0 heterocycles. The molecule has 14 heavy (non-hydrogen) atoms. The van der Waals surface area contributed by atoms with E-state index in [9.17, 15) is 13.2 Å². The summed E-state index contributed by atoms with van der Waals surface area (Å²) in [6, 6.07) is -0.276. The molecule has 0 radical (unpaired) electrons. The number of rotatable bonds is 6. The van der Waals surface area contributed by atoms with Gasteiger partial charge < -0.3 is 10.6 Å². The maximum Gasteiger partial charge on any atom is 0.314 e. The van der Waals surface area contributed by atoms with E-state index in [0.717, 1.165) is 12.7 Å². The van der Waals surface area contributed by atoms with E-state index in [1.165, 1.54) is 0 Å². The third-order valence-corrected chi connectivity index (χ3v) is 2.04. The zero-order chi connectivity index (χ0) is 11.0. The topological polar surface area (TPSA) is 87.3 Å². The lowest BCUT2D eigenvalue weighted by Crippen LogP contribution is -2.40. The first-order valence-electron chi connectivity index (χ1n) is 4.42. The summed E-state index contributed by atoms with van der Waals surface area (Å²) in [5.41, 5.74) is 0. The first-order chi connectivity index (χ1) is 6.45. The fraction of sp³-hybridized carbons (Fsp3) is 0.857. The van der Waals surface area contributed by atoms with Gasteiger partial charge in [-0.1, -0.05) is 6.92 Å². The van der Waals surface area contributed by atoms with Gasteiger partial charge in [-0.05, 0) is 6.42 Å². The summed E-state index contributed by atoms with van der Waals surface area (Å²) in [5, 5.41) is 5.12. The SMILES string of the molecule is CCCNC(=O)NCCNS(C)(=O)=O. The van der Waals surface area contributed by atoms with Crippen LogP contribution in [0.2, 0.25) is 0 Å². The highest BCUT2D eigenvalue weighted by molar-refractivity contribution is 7.88. The summed E-state index contributed by atoms with van der Waals surface area (Å²) in [6.07, 6.45) is 1.94. The monoisotopic (exact) mass is 223 g/mol. The molecular weight excluding hydrogens is 206 g/mol. The highest BCUT2D eigenvalue weighted by Crippen LogP contribution is 1.73. The molecule has 0 aliphatic heterocycles. The lowest BCUT2D eigenvalue weighted by atomic mass is 10.5. The third-order valence-electron chi connectivity index (χ3n) is 1.31. The van der Waals surface area contributed by atoms with Crippen LogP contribution < -0.4 is 15.4 Å². The highest BCUT2D eigenvalue weighted by atomic mass is 32.2. The van der Waals surface area contributed by atoms with Gasteiger partial charge in [-0.3, -0.25) is 0 Å². The molecule has 0 aliphatic rings. The van der Waals surface area contributed by atoms with Crippen LogP contribution in [0.3, 0.4) is 0 Å². The van der Waals surface area contributed by atoms with Crippen molar-refractivity contribution in [2.24, 2.45) is 0 Å². The molecule has 84 valence electrons. The number of hydrogen-bond acceptors (Lipinski definition) is 3. The smallest absolute Gasteiger partial charge is 0.314 e. The van der Waals surface area contributed by atoms with E-state index in [4.69, 9.17) is 0 Å². The quantitative estimate of drug-likeness (QED) is 0.517. The molecule has 0 saturated heterocycles. The lowest BCUT2D eigenvalue weighted by molar-refractivity contribution is 0.241. The number of sulfonamides is 1. The van der Waals surface area contributed by atoms with Gasteiger partial charge >= 0.3 is 6.03 Å². The van der Waals surface area contributed by atoms with Crippen LogP contribution in [0.25, 0.3) is 0 Å². The minimum Gasteiger partial charge on any atom is -0.338 e. The molecule has 0 rings (SSSR count). The molecule has 0 atom stereocenters. The Morgan fingerprint density at radius 3 is 2.21 bits per heavy atom. The molecule has 0 aromatic rings. The zero-order valence-electron chi connectivity index (χ0n) is 8.46. The Bertz CT molecular complexity index is 263. The number of carbonyl (C=O) groups excluding carboxylic acids is 1. The summed E-state index contributed by atoms with van der Waals surface area (Å²) >= 11 is 0. The second-order valence-electron chi connectivity index (χ2n) is 2.85. The van der Waals surface area contributed by atoms with Crippen molar-refractivity contribution in [1.29, 1.82) is 0 Å². The molecule has 6 nitrogen and oxygen atoms in total. The number of nitrogens with one attached hydrogen (secondary N) is 3. The molecule has 3 N–H and O–H groups in total. The van der Waals surface area contributed by atoms with Gasteiger partial charge in [-0.15, -0.1) is 0 Å². The minimum atomic E-state index is -3.16. The molecule has 7 heteroatoms. The molecule has 0 saturated carbocycles. The predicted molar refractivity (Wildman–Crippen MR) is 54.5 cm³/mol. The van der Waals surface area contributed by atoms with E-state index in [1.54, 1.807) is 0 Å². The number of carbonyl (C=O) groups is 1. The van der Waals surface area contributed by atoms with E-state index in [1.807, 2.05) is 6.92 Å². The summed E-state index contributed by atoms with van der Waals surface area (Å²) in [5.74, 6) is 0. The van der Waals surface area contributed by atoms with Crippen molar-refractivity contribution in [2.45, 2.75) is 13.3 Å². The second kappa shape index (κ2) is 6.61. The van der Waals surface area contributed by atoms with Crippen LogP contribution >= 0.6 is 0 Å². The van der Waals surface area contributed by atoms with Crippen molar-refractivity contribution < 1.29 is 13.2 Å². The summed E-state index contributed by atoms with van der Waals surface area (Å²) in [4.78, 5) is 10.9. The summed E-state index contributed by atoms with van der Waals surface area (Å²) in [7, 11) is -3.16. The average Bonchev–Trinajstić information content (AvgIpc) is 2.07. The third kappa shape index (κ3) is 9.27. The largest absolute Gasteiger partial charge is 0.338 e. The van der Waals surface area contributed by atoms with Crippen molar-refractivity contribution >= 4 is 16.1 Å². The van der Waals surface area contributed by atoms with Crippen LogP contribution in [0.4, 0.5) is 4.79 Å². The Kier molecular flexibility index (Phi) is 6.22. The van der Waals surface area contributed by atoms with Gasteiger partial charge in [0.05, 0.1) is 6.26 Å². The molecule has 0 fully saturated rings. The van der Waals surface area contributed by atoms with Crippen molar-refractivity contribution in [2.75, 3.05) is 25.9 Å². The maximum atomic E-state index is 10.9. The van der Waals surface area contributed by atoms with Crippen LogP contribution in [0.15, 0.2) is 0 Å². The van der Waals surface area contributed by atoms with Crippen LogP contribution in [0, 0.1) is 0 Å². The molecule has 0 bridgehead atoms. The first-order valence-corrected chi connectivity index (χ1v) is 6.31. The predicted octanol–water partition coefficient (Wildman–Crippen LogP) is -0.755. The molecule has 0 spiro atoms. The van der Waals surface area contributed by atoms with Crippen LogP contribution in [0.5, 0.6) is 0 Å². The summed E-state index contributed by atoms with van der Waals surface area (Å²) in [6.45, 7) is 3.05. The minimum absolute atomic E-state index is 0.207. The number of amides is 2. The Balaban J connectivity index is 3.41. The Hall–Kier alpha value is -0.820.